The Labute approximate surface area is 146 Å². The fraction of sp³-hybridized carbons (Fsp3) is 0.600. The first-order valence-electron chi connectivity index (χ1n) is 7.62. The highest BCUT2D eigenvalue weighted by Crippen LogP contribution is 2.30. The van der Waals surface area contributed by atoms with Gasteiger partial charge >= 0.3 is 6.18 Å². The summed E-state index contributed by atoms with van der Waals surface area (Å²) in [5.41, 5.74) is -2.20. The van der Waals surface area contributed by atoms with Crippen LogP contribution >= 0.6 is 12.2 Å². The Morgan fingerprint density at radius 3 is 2.64 bits per heavy atom. The molecular formula is C15H16F5N3OS. The molecule has 4 nitrogen and oxygen atoms in total. The Bertz CT molecular complexity index is 725. The number of aryl methyl sites for hydroxylation is 1. The van der Waals surface area contributed by atoms with Crippen LogP contribution in [-0.2, 0) is 12.7 Å². The van der Waals surface area contributed by atoms with Crippen molar-refractivity contribution in [2.75, 3.05) is 19.6 Å². The number of hydrogen-bond acceptors (Lipinski definition) is 4. The molecule has 0 bridgehead atoms. The van der Waals surface area contributed by atoms with Crippen LogP contribution < -0.4 is 5.56 Å². The average molecular weight is 381 g/mol. The van der Waals surface area contributed by atoms with E-state index in [0.717, 1.165) is 4.57 Å². The Hall–Kier alpha value is -1.64. The van der Waals surface area contributed by atoms with E-state index in [4.69, 9.17) is 0 Å². The number of halogens is 5. The average Bonchev–Trinajstić information content (AvgIpc) is 2.49. The molecule has 0 radical (unpaired) electrons. The number of pyridine rings is 1. The second-order valence-electron chi connectivity index (χ2n) is 5.90. The van der Waals surface area contributed by atoms with E-state index < -0.39 is 28.9 Å². The Morgan fingerprint density at radius 2 is 2.04 bits per heavy atom. The van der Waals surface area contributed by atoms with Crippen LogP contribution in [0.15, 0.2) is 22.1 Å². The van der Waals surface area contributed by atoms with Gasteiger partial charge in [0.15, 0.2) is 0 Å². The van der Waals surface area contributed by atoms with Gasteiger partial charge in [-0.15, -0.1) is 0 Å². The molecule has 0 N–H and O–H groups in total. The minimum Gasteiger partial charge on any atom is -0.313 e. The molecule has 0 saturated carbocycles. The standard InChI is InChI=1S/C15H16F5N3OS/c16-14(17)3-1-4-22(9-14)5-2-6-23-8-11(15(18,19)20)7-12(13(23)24)21-10-25/h7-8H,1-6,9H2. The van der Waals surface area contributed by atoms with Gasteiger partial charge in [-0.25, -0.2) is 8.78 Å². The third-order valence-corrected chi connectivity index (χ3v) is 4.00. The molecule has 2 rings (SSSR count). The number of aromatic nitrogens is 1. The normalized spacial score (nSPS) is 18.0. The highest BCUT2D eigenvalue weighted by molar-refractivity contribution is 7.78. The van der Waals surface area contributed by atoms with Crippen molar-refractivity contribution in [3.63, 3.8) is 0 Å². The highest BCUT2D eigenvalue weighted by atomic mass is 32.1. The molecule has 0 amide bonds. The maximum absolute atomic E-state index is 13.3. The maximum atomic E-state index is 13.3. The summed E-state index contributed by atoms with van der Waals surface area (Å²) in [7, 11) is 0. The number of alkyl halides is 5. The first-order chi connectivity index (χ1) is 11.6. The van der Waals surface area contributed by atoms with Gasteiger partial charge in [0.1, 0.15) is 5.69 Å². The number of rotatable bonds is 5. The second-order valence-corrected chi connectivity index (χ2v) is 6.09. The molecule has 1 aliphatic heterocycles. The summed E-state index contributed by atoms with van der Waals surface area (Å²) in [4.78, 5) is 17.0. The largest absolute Gasteiger partial charge is 0.417 e. The molecule has 1 saturated heterocycles. The number of hydrogen-bond donors (Lipinski definition) is 0. The van der Waals surface area contributed by atoms with Crippen LogP contribution in [0.25, 0.3) is 0 Å². The Morgan fingerprint density at radius 1 is 1.32 bits per heavy atom. The van der Waals surface area contributed by atoms with Gasteiger partial charge in [0, 0.05) is 25.7 Å². The molecule has 1 fully saturated rings. The third-order valence-electron chi connectivity index (χ3n) is 3.91. The molecule has 1 aliphatic rings. The molecule has 0 spiro atoms. The minimum absolute atomic E-state index is 0.0369. The van der Waals surface area contributed by atoms with Crippen LogP contribution in [-0.4, -0.2) is 40.2 Å². The summed E-state index contributed by atoms with van der Waals surface area (Å²) in [6.45, 7) is 0.368. The quantitative estimate of drug-likeness (QED) is 0.443. The van der Waals surface area contributed by atoms with E-state index in [1.165, 1.54) is 0 Å². The number of likely N-dealkylation sites (tertiary alicyclic amines) is 1. The lowest BCUT2D eigenvalue weighted by Gasteiger charge is -2.32. The summed E-state index contributed by atoms with van der Waals surface area (Å²) in [6.07, 6.45) is -3.47. The minimum atomic E-state index is -4.64. The van der Waals surface area contributed by atoms with Crippen molar-refractivity contribution in [2.24, 2.45) is 4.99 Å². The van der Waals surface area contributed by atoms with E-state index in [1.54, 1.807) is 4.90 Å². The molecule has 1 aromatic rings. The van der Waals surface area contributed by atoms with E-state index in [0.29, 0.717) is 25.2 Å². The highest BCUT2D eigenvalue weighted by Gasteiger charge is 2.35. The molecule has 0 unspecified atom stereocenters. The lowest BCUT2D eigenvalue weighted by atomic mass is 10.1. The number of aliphatic imine (C=N–C) groups is 1. The van der Waals surface area contributed by atoms with Crippen LogP contribution in [0.2, 0.25) is 0 Å². The van der Waals surface area contributed by atoms with Crippen molar-refractivity contribution in [1.82, 2.24) is 9.47 Å². The molecule has 10 heteroatoms. The van der Waals surface area contributed by atoms with Crippen molar-refractivity contribution in [2.45, 2.75) is 37.9 Å². The topological polar surface area (TPSA) is 37.6 Å². The zero-order valence-electron chi connectivity index (χ0n) is 13.2. The Kier molecular flexibility index (Phi) is 6.08. The summed E-state index contributed by atoms with van der Waals surface area (Å²) in [5, 5.41) is 1.88. The lowest BCUT2D eigenvalue weighted by Crippen LogP contribution is -2.43. The molecule has 1 aromatic heterocycles. The monoisotopic (exact) mass is 381 g/mol. The van der Waals surface area contributed by atoms with Gasteiger partial charge in [0.2, 0.25) is 0 Å². The van der Waals surface area contributed by atoms with Gasteiger partial charge < -0.3 is 4.57 Å². The van der Waals surface area contributed by atoms with E-state index in [2.05, 4.69) is 17.2 Å². The van der Waals surface area contributed by atoms with Gasteiger partial charge in [0.25, 0.3) is 11.5 Å². The predicted octanol–water partition coefficient (Wildman–Crippen LogP) is 3.72. The molecule has 2 heterocycles. The van der Waals surface area contributed by atoms with Crippen LogP contribution in [0.4, 0.5) is 27.6 Å². The fourth-order valence-corrected chi connectivity index (χ4v) is 2.87. The number of nitrogens with zero attached hydrogens (tertiary/aromatic N) is 3. The SMILES string of the molecule is O=c1c(N=C=S)cc(C(F)(F)F)cn1CCCN1CCCC(F)(F)C1. The first kappa shape index (κ1) is 19.7. The van der Waals surface area contributed by atoms with Gasteiger partial charge in [-0.1, -0.05) is 0 Å². The molecule has 0 aromatic carbocycles. The van der Waals surface area contributed by atoms with Gasteiger partial charge in [0.05, 0.1) is 17.3 Å². The zero-order valence-corrected chi connectivity index (χ0v) is 14.0. The van der Waals surface area contributed by atoms with Crippen LogP contribution in [0.1, 0.15) is 24.8 Å². The van der Waals surface area contributed by atoms with E-state index >= 15 is 0 Å². The fourth-order valence-electron chi connectivity index (χ4n) is 2.77. The summed E-state index contributed by atoms with van der Waals surface area (Å²) in [6, 6.07) is 0.614. The lowest BCUT2D eigenvalue weighted by molar-refractivity contribution is -0.138. The third kappa shape index (κ3) is 5.42. The van der Waals surface area contributed by atoms with Crippen LogP contribution in [0.3, 0.4) is 0 Å². The van der Waals surface area contributed by atoms with Crippen molar-refractivity contribution in [3.05, 3.63) is 28.2 Å². The molecule has 25 heavy (non-hydrogen) atoms. The van der Waals surface area contributed by atoms with Gasteiger partial charge in [-0.05, 0) is 37.7 Å². The predicted molar refractivity (Wildman–Crippen MR) is 85.6 cm³/mol. The molecular weight excluding hydrogens is 365 g/mol. The summed E-state index contributed by atoms with van der Waals surface area (Å²) in [5.74, 6) is -2.74. The first-order valence-corrected chi connectivity index (χ1v) is 8.03. The smallest absolute Gasteiger partial charge is 0.313 e. The number of piperidine rings is 1. The van der Waals surface area contributed by atoms with Crippen LogP contribution in [0, 0.1) is 0 Å². The second kappa shape index (κ2) is 7.72. The van der Waals surface area contributed by atoms with Crippen molar-refractivity contribution in [3.8, 4) is 0 Å². The van der Waals surface area contributed by atoms with E-state index in [1.807, 2.05) is 5.16 Å². The number of thiocarbonyl (C=S) groups is 1. The zero-order chi connectivity index (χ0) is 18.7. The van der Waals surface area contributed by atoms with Crippen molar-refractivity contribution in [1.29, 1.82) is 0 Å². The van der Waals surface area contributed by atoms with E-state index in [-0.39, 0.29) is 32.5 Å². The van der Waals surface area contributed by atoms with E-state index in [9.17, 15) is 26.7 Å². The van der Waals surface area contributed by atoms with Crippen molar-refractivity contribution >= 4 is 23.1 Å². The molecule has 138 valence electrons. The number of isothiocyanates is 1. The molecule has 0 aliphatic carbocycles. The Balaban J connectivity index is 2.12. The summed E-state index contributed by atoms with van der Waals surface area (Å²) >= 11 is 4.34. The van der Waals surface area contributed by atoms with Gasteiger partial charge in [-0.3, -0.25) is 9.69 Å². The summed E-state index contributed by atoms with van der Waals surface area (Å²) < 4.78 is 66.3. The van der Waals surface area contributed by atoms with Gasteiger partial charge in [-0.2, -0.15) is 18.2 Å². The maximum Gasteiger partial charge on any atom is 0.417 e. The van der Waals surface area contributed by atoms with Crippen molar-refractivity contribution < 1.29 is 22.0 Å². The molecule has 0 atom stereocenters. The van der Waals surface area contributed by atoms with Crippen LogP contribution in [0.5, 0.6) is 0 Å².